The number of carbonyl (C=O) groups is 1. The number of Topliss-reactive ketones (excluding diaryl/α,β-unsaturated/α-hetero) is 1. The number of ketones is 1. The SMILES string of the molecule is O=C(/C(=N/N=C/c1ccccc1F)c1ccccc1)c1ccccc1. The Hall–Kier alpha value is -3.40. The van der Waals surface area contributed by atoms with Crippen LogP contribution in [0.15, 0.2) is 95.1 Å². The van der Waals surface area contributed by atoms with Crippen molar-refractivity contribution in [2.24, 2.45) is 10.2 Å². The summed E-state index contributed by atoms with van der Waals surface area (Å²) in [6, 6.07) is 24.2. The number of hydrogen-bond donors (Lipinski definition) is 0. The lowest BCUT2D eigenvalue weighted by atomic mass is 10.0. The molecule has 0 N–H and O–H groups in total. The first-order chi connectivity index (χ1) is 12.3. The highest BCUT2D eigenvalue weighted by Crippen LogP contribution is 2.10. The lowest BCUT2D eigenvalue weighted by molar-refractivity contribution is 0.106. The number of benzene rings is 3. The molecule has 0 fully saturated rings. The third-order valence-electron chi connectivity index (χ3n) is 3.56. The maximum absolute atomic E-state index is 13.7. The molecule has 3 aromatic rings. The molecule has 0 spiro atoms. The molecule has 0 atom stereocenters. The molecule has 0 unspecified atom stereocenters. The first-order valence-electron chi connectivity index (χ1n) is 7.76. The average molecular weight is 330 g/mol. The molecular weight excluding hydrogens is 315 g/mol. The highest BCUT2D eigenvalue weighted by Gasteiger charge is 2.16. The van der Waals surface area contributed by atoms with Gasteiger partial charge in [-0.25, -0.2) is 4.39 Å². The Bertz CT molecular complexity index is 919. The number of nitrogens with zero attached hydrogens (tertiary/aromatic N) is 2. The third kappa shape index (κ3) is 4.12. The van der Waals surface area contributed by atoms with Gasteiger partial charge >= 0.3 is 0 Å². The summed E-state index contributed by atoms with van der Waals surface area (Å²) < 4.78 is 13.7. The van der Waals surface area contributed by atoms with Crippen LogP contribution in [0.3, 0.4) is 0 Å². The predicted octanol–water partition coefficient (Wildman–Crippen LogP) is 4.53. The first kappa shape index (κ1) is 16.5. The molecule has 25 heavy (non-hydrogen) atoms. The van der Waals surface area contributed by atoms with Crippen molar-refractivity contribution in [1.82, 2.24) is 0 Å². The van der Waals surface area contributed by atoms with Gasteiger partial charge in [-0.15, -0.1) is 5.10 Å². The molecule has 122 valence electrons. The molecule has 0 bridgehead atoms. The van der Waals surface area contributed by atoms with Crippen LogP contribution in [0.4, 0.5) is 4.39 Å². The van der Waals surface area contributed by atoms with Gasteiger partial charge in [0.15, 0.2) is 0 Å². The van der Waals surface area contributed by atoms with E-state index in [0.717, 1.165) is 0 Å². The van der Waals surface area contributed by atoms with Crippen LogP contribution >= 0.6 is 0 Å². The van der Waals surface area contributed by atoms with E-state index >= 15 is 0 Å². The van der Waals surface area contributed by atoms with Gasteiger partial charge in [0.25, 0.3) is 0 Å². The maximum Gasteiger partial charge on any atom is 0.213 e. The van der Waals surface area contributed by atoms with E-state index < -0.39 is 5.82 Å². The molecule has 3 aromatic carbocycles. The molecule has 0 aliphatic rings. The lowest BCUT2D eigenvalue weighted by Crippen LogP contribution is -2.15. The van der Waals surface area contributed by atoms with Crippen molar-refractivity contribution in [2.75, 3.05) is 0 Å². The van der Waals surface area contributed by atoms with Crippen LogP contribution in [0.25, 0.3) is 0 Å². The van der Waals surface area contributed by atoms with Crippen molar-refractivity contribution in [1.29, 1.82) is 0 Å². The fourth-order valence-corrected chi connectivity index (χ4v) is 2.29. The summed E-state index contributed by atoms with van der Waals surface area (Å²) in [5.74, 6) is -0.630. The van der Waals surface area contributed by atoms with Crippen molar-refractivity contribution in [3.63, 3.8) is 0 Å². The van der Waals surface area contributed by atoms with Crippen molar-refractivity contribution >= 4 is 17.7 Å². The Morgan fingerprint density at radius 1 is 0.760 bits per heavy atom. The van der Waals surface area contributed by atoms with Crippen molar-refractivity contribution in [2.45, 2.75) is 0 Å². The highest BCUT2D eigenvalue weighted by atomic mass is 19.1. The normalized spacial score (nSPS) is 11.6. The summed E-state index contributed by atoms with van der Waals surface area (Å²) in [5, 5.41) is 8.00. The topological polar surface area (TPSA) is 41.8 Å². The number of rotatable bonds is 5. The minimum Gasteiger partial charge on any atom is -0.287 e. The van der Waals surface area contributed by atoms with Crippen LogP contribution in [0.2, 0.25) is 0 Å². The van der Waals surface area contributed by atoms with E-state index in [0.29, 0.717) is 16.7 Å². The van der Waals surface area contributed by atoms with E-state index in [4.69, 9.17) is 0 Å². The van der Waals surface area contributed by atoms with Crippen molar-refractivity contribution in [3.05, 3.63) is 107 Å². The van der Waals surface area contributed by atoms with E-state index in [1.54, 1.807) is 54.6 Å². The molecule has 0 aliphatic heterocycles. The quantitative estimate of drug-likeness (QED) is 0.385. The molecule has 3 rings (SSSR count). The van der Waals surface area contributed by atoms with E-state index in [1.165, 1.54) is 12.3 Å². The standard InChI is InChI=1S/C21H15FN2O/c22-19-14-8-7-13-18(19)15-23-24-20(16-9-3-1-4-10-16)21(25)17-11-5-2-6-12-17/h1-15H/b23-15+,24-20+. The summed E-state index contributed by atoms with van der Waals surface area (Å²) in [5.41, 5.74) is 1.69. The van der Waals surface area contributed by atoms with Crippen molar-refractivity contribution in [3.8, 4) is 0 Å². The van der Waals surface area contributed by atoms with Crippen LogP contribution in [-0.2, 0) is 0 Å². The summed E-state index contributed by atoms with van der Waals surface area (Å²) in [7, 11) is 0. The number of hydrogen-bond acceptors (Lipinski definition) is 3. The van der Waals surface area contributed by atoms with E-state index in [1.807, 2.05) is 24.3 Å². The molecule has 4 heteroatoms. The Morgan fingerprint density at radius 3 is 1.96 bits per heavy atom. The maximum atomic E-state index is 13.7. The minimum atomic E-state index is -0.392. The Labute approximate surface area is 145 Å². The highest BCUT2D eigenvalue weighted by molar-refractivity contribution is 6.51. The van der Waals surface area contributed by atoms with Crippen molar-refractivity contribution < 1.29 is 9.18 Å². The minimum absolute atomic E-state index is 0.208. The summed E-state index contributed by atoms with van der Waals surface area (Å²) in [6.45, 7) is 0. The van der Waals surface area contributed by atoms with Gasteiger partial charge in [0.05, 0.1) is 6.21 Å². The summed E-state index contributed by atoms with van der Waals surface area (Å²) in [6.07, 6.45) is 1.30. The molecule has 0 heterocycles. The molecule has 0 saturated heterocycles. The second-order valence-electron chi connectivity index (χ2n) is 5.28. The zero-order valence-electron chi connectivity index (χ0n) is 13.3. The lowest BCUT2D eigenvalue weighted by Gasteiger charge is -2.04. The zero-order valence-corrected chi connectivity index (χ0v) is 13.3. The smallest absolute Gasteiger partial charge is 0.213 e. The van der Waals surface area contributed by atoms with Crippen LogP contribution in [-0.4, -0.2) is 17.7 Å². The van der Waals surface area contributed by atoms with Gasteiger partial charge in [-0.3, -0.25) is 4.79 Å². The van der Waals surface area contributed by atoms with Gasteiger partial charge in [-0.2, -0.15) is 5.10 Å². The van der Waals surface area contributed by atoms with Gasteiger partial charge < -0.3 is 0 Å². The molecule has 0 aromatic heterocycles. The molecular formula is C21H15FN2O. The van der Waals surface area contributed by atoms with Gasteiger partial charge in [0, 0.05) is 16.7 Å². The largest absolute Gasteiger partial charge is 0.287 e. The van der Waals surface area contributed by atoms with Gasteiger partial charge in [-0.1, -0.05) is 78.9 Å². The van der Waals surface area contributed by atoms with E-state index in [9.17, 15) is 9.18 Å². The van der Waals surface area contributed by atoms with Crippen LogP contribution in [0, 0.1) is 5.82 Å². The fraction of sp³-hybridized carbons (Fsp3) is 0. The molecule has 3 nitrogen and oxygen atoms in total. The average Bonchev–Trinajstić information content (AvgIpc) is 2.67. The molecule has 0 amide bonds. The Kier molecular flexibility index (Phi) is 5.22. The van der Waals surface area contributed by atoms with Crippen LogP contribution < -0.4 is 0 Å². The van der Waals surface area contributed by atoms with Gasteiger partial charge in [0.1, 0.15) is 11.5 Å². The Morgan fingerprint density at radius 2 is 1.32 bits per heavy atom. The predicted molar refractivity (Wildman–Crippen MR) is 97.7 cm³/mol. The second-order valence-corrected chi connectivity index (χ2v) is 5.28. The summed E-state index contributed by atoms with van der Waals surface area (Å²) in [4.78, 5) is 12.8. The summed E-state index contributed by atoms with van der Waals surface area (Å²) >= 11 is 0. The van der Waals surface area contributed by atoms with Gasteiger partial charge in [-0.05, 0) is 6.07 Å². The molecule has 0 saturated carbocycles. The number of halogens is 1. The zero-order chi connectivity index (χ0) is 17.5. The van der Waals surface area contributed by atoms with E-state index in [2.05, 4.69) is 10.2 Å². The Balaban J connectivity index is 1.97. The number of carbonyl (C=O) groups excluding carboxylic acids is 1. The van der Waals surface area contributed by atoms with Gasteiger partial charge in [0.2, 0.25) is 5.78 Å². The first-order valence-corrected chi connectivity index (χ1v) is 7.76. The van der Waals surface area contributed by atoms with E-state index in [-0.39, 0.29) is 11.5 Å². The van der Waals surface area contributed by atoms with Crippen LogP contribution in [0.5, 0.6) is 0 Å². The monoisotopic (exact) mass is 330 g/mol. The second kappa shape index (κ2) is 7.93. The van der Waals surface area contributed by atoms with Crippen LogP contribution in [0.1, 0.15) is 21.5 Å². The third-order valence-corrected chi connectivity index (χ3v) is 3.56. The molecule has 0 radical (unpaired) electrons. The fourth-order valence-electron chi connectivity index (χ4n) is 2.29. The molecule has 0 aliphatic carbocycles.